The van der Waals surface area contributed by atoms with Crippen LogP contribution in [0.5, 0.6) is 11.5 Å². The molecule has 0 amide bonds. The van der Waals surface area contributed by atoms with Gasteiger partial charge in [-0.1, -0.05) is 26.8 Å². The van der Waals surface area contributed by atoms with Crippen molar-refractivity contribution in [3.05, 3.63) is 18.2 Å². The molecule has 108 valence electrons. The lowest BCUT2D eigenvalue weighted by Crippen LogP contribution is -2.11. The molecule has 0 atom stereocenters. The zero-order valence-electron chi connectivity index (χ0n) is 12.1. The maximum absolute atomic E-state index is 6.00. The topological polar surface area (TPSA) is 53.7 Å². The van der Waals surface area contributed by atoms with Gasteiger partial charge in [0.1, 0.15) is 23.8 Å². The average molecular weight is 267 g/mol. The first kappa shape index (κ1) is 15.6. The second-order valence-electron chi connectivity index (χ2n) is 4.83. The molecule has 0 aliphatic heterocycles. The highest BCUT2D eigenvalue weighted by Crippen LogP contribution is 2.31. The van der Waals surface area contributed by atoms with Crippen LogP contribution in [-0.4, -0.2) is 26.4 Å². The van der Waals surface area contributed by atoms with Gasteiger partial charge in [-0.2, -0.15) is 0 Å². The normalized spacial score (nSPS) is 10.7. The number of nitrogen functional groups attached to an aromatic ring is 1. The highest BCUT2D eigenvalue weighted by atomic mass is 16.5. The van der Waals surface area contributed by atoms with Crippen molar-refractivity contribution in [3.8, 4) is 11.5 Å². The number of rotatable bonds is 9. The van der Waals surface area contributed by atoms with E-state index in [1.807, 2.05) is 18.2 Å². The minimum Gasteiger partial charge on any atom is -0.491 e. The molecular formula is C15H25NO3. The van der Waals surface area contributed by atoms with Gasteiger partial charge in [-0.15, -0.1) is 0 Å². The first-order valence-electron chi connectivity index (χ1n) is 6.87. The molecule has 0 saturated carbocycles. The molecule has 0 radical (unpaired) electrons. The van der Waals surface area contributed by atoms with Crippen molar-refractivity contribution in [2.45, 2.75) is 27.2 Å². The Labute approximate surface area is 115 Å². The number of para-hydroxylation sites is 1. The minimum atomic E-state index is 0.494. The third-order valence-corrected chi connectivity index (χ3v) is 2.42. The SMILES string of the molecule is CCCOc1cccc(OCCOCC(C)C)c1N. The molecule has 19 heavy (non-hydrogen) atoms. The van der Waals surface area contributed by atoms with Gasteiger partial charge in [-0.05, 0) is 24.5 Å². The second kappa shape index (κ2) is 8.64. The quantitative estimate of drug-likeness (QED) is 0.552. The molecule has 0 bridgehead atoms. The maximum Gasteiger partial charge on any atom is 0.146 e. The number of hydrogen-bond acceptors (Lipinski definition) is 4. The number of ether oxygens (including phenoxy) is 3. The molecule has 0 aliphatic rings. The zero-order valence-corrected chi connectivity index (χ0v) is 12.1. The van der Waals surface area contributed by atoms with Gasteiger partial charge in [0.05, 0.1) is 13.2 Å². The Bertz CT molecular complexity index is 366. The third kappa shape index (κ3) is 5.83. The summed E-state index contributed by atoms with van der Waals surface area (Å²) < 4.78 is 16.6. The van der Waals surface area contributed by atoms with Crippen molar-refractivity contribution in [1.82, 2.24) is 0 Å². The van der Waals surface area contributed by atoms with E-state index in [1.54, 1.807) is 0 Å². The van der Waals surface area contributed by atoms with E-state index < -0.39 is 0 Å². The highest BCUT2D eigenvalue weighted by molar-refractivity contribution is 5.62. The molecule has 0 aromatic heterocycles. The summed E-state index contributed by atoms with van der Waals surface area (Å²) in [5.41, 5.74) is 6.55. The molecule has 0 aliphatic carbocycles. The second-order valence-corrected chi connectivity index (χ2v) is 4.83. The van der Waals surface area contributed by atoms with Crippen LogP contribution in [0.4, 0.5) is 5.69 Å². The molecule has 1 aromatic rings. The third-order valence-electron chi connectivity index (χ3n) is 2.42. The molecular weight excluding hydrogens is 242 g/mol. The first-order chi connectivity index (χ1) is 9.15. The summed E-state index contributed by atoms with van der Waals surface area (Å²) in [6.45, 7) is 8.76. The lowest BCUT2D eigenvalue weighted by Gasteiger charge is -2.13. The summed E-state index contributed by atoms with van der Waals surface area (Å²) >= 11 is 0. The van der Waals surface area contributed by atoms with Crippen molar-refractivity contribution in [2.24, 2.45) is 5.92 Å². The van der Waals surface area contributed by atoms with Crippen molar-refractivity contribution < 1.29 is 14.2 Å². The van der Waals surface area contributed by atoms with Crippen LogP contribution in [-0.2, 0) is 4.74 Å². The molecule has 0 saturated heterocycles. The number of benzene rings is 1. The largest absolute Gasteiger partial charge is 0.491 e. The van der Waals surface area contributed by atoms with Crippen LogP contribution in [0.1, 0.15) is 27.2 Å². The molecule has 4 nitrogen and oxygen atoms in total. The van der Waals surface area contributed by atoms with E-state index in [1.165, 1.54) is 0 Å². The van der Waals surface area contributed by atoms with Crippen LogP contribution in [0.15, 0.2) is 18.2 Å². The molecule has 0 unspecified atom stereocenters. The van der Waals surface area contributed by atoms with Crippen LogP contribution in [0.2, 0.25) is 0 Å². The van der Waals surface area contributed by atoms with Crippen molar-refractivity contribution in [3.63, 3.8) is 0 Å². The smallest absolute Gasteiger partial charge is 0.146 e. The molecule has 0 spiro atoms. The van der Waals surface area contributed by atoms with Gasteiger partial charge in [0.2, 0.25) is 0 Å². The molecule has 0 heterocycles. The lowest BCUT2D eigenvalue weighted by atomic mass is 10.2. The van der Waals surface area contributed by atoms with E-state index in [0.29, 0.717) is 42.9 Å². The first-order valence-corrected chi connectivity index (χ1v) is 6.87. The van der Waals surface area contributed by atoms with E-state index in [4.69, 9.17) is 19.9 Å². The van der Waals surface area contributed by atoms with Crippen molar-refractivity contribution >= 4 is 5.69 Å². The maximum atomic E-state index is 6.00. The predicted molar refractivity (Wildman–Crippen MR) is 77.8 cm³/mol. The van der Waals surface area contributed by atoms with Crippen LogP contribution in [0.25, 0.3) is 0 Å². The Kier molecular flexibility index (Phi) is 7.11. The summed E-state index contributed by atoms with van der Waals surface area (Å²) in [7, 11) is 0. The van der Waals surface area contributed by atoms with E-state index in [9.17, 15) is 0 Å². The highest BCUT2D eigenvalue weighted by Gasteiger charge is 2.06. The molecule has 1 rings (SSSR count). The van der Waals surface area contributed by atoms with Crippen LogP contribution >= 0.6 is 0 Å². The van der Waals surface area contributed by atoms with Crippen LogP contribution in [0.3, 0.4) is 0 Å². The van der Waals surface area contributed by atoms with Crippen molar-refractivity contribution in [2.75, 3.05) is 32.2 Å². The van der Waals surface area contributed by atoms with Gasteiger partial charge in [-0.25, -0.2) is 0 Å². The Morgan fingerprint density at radius 3 is 2.26 bits per heavy atom. The lowest BCUT2D eigenvalue weighted by molar-refractivity contribution is 0.0820. The van der Waals surface area contributed by atoms with E-state index in [2.05, 4.69) is 20.8 Å². The number of nitrogens with two attached hydrogens (primary N) is 1. The van der Waals surface area contributed by atoms with E-state index in [0.717, 1.165) is 13.0 Å². The fourth-order valence-electron chi connectivity index (χ4n) is 1.52. The van der Waals surface area contributed by atoms with E-state index >= 15 is 0 Å². The Balaban J connectivity index is 2.40. The number of hydrogen-bond donors (Lipinski definition) is 1. The van der Waals surface area contributed by atoms with Gasteiger partial charge in [-0.3, -0.25) is 0 Å². The average Bonchev–Trinajstić information content (AvgIpc) is 2.38. The van der Waals surface area contributed by atoms with Crippen LogP contribution in [0, 0.1) is 5.92 Å². The van der Waals surface area contributed by atoms with Gasteiger partial charge in [0.25, 0.3) is 0 Å². The summed E-state index contributed by atoms with van der Waals surface area (Å²) in [4.78, 5) is 0. The van der Waals surface area contributed by atoms with Gasteiger partial charge in [0.15, 0.2) is 0 Å². The molecule has 2 N–H and O–H groups in total. The predicted octanol–water partition coefficient (Wildman–Crippen LogP) is 3.11. The van der Waals surface area contributed by atoms with E-state index in [-0.39, 0.29) is 0 Å². The van der Waals surface area contributed by atoms with Gasteiger partial charge < -0.3 is 19.9 Å². The summed E-state index contributed by atoms with van der Waals surface area (Å²) in [5, 5.41) is 0. The van der Waals surface area contributed by atoms with Crippen molar-refractivity contribution in [1.29, 1.82) is 0 Å². The zero-order chi connectivity index (χ0) is 14.1. The minimum absolute atomic E-state index is 0.494. The standard InChI is InChI=1S/C15H25NO3/c1-4-8-18-13-6-5-7-14(15(13)16)19-10-9-17-11-12(2)3/h5-7,12H,4,8-11,16H2,1-3H3. The van der Waals surface area contributed by atoms with Gasteiger partial charge in [0, 0.05) is 6.61 Å². The molecule has 1 aromatic carbocycles. The monoisotopic (exact) mass is 267 g/mol. The Hall–Kier alpha value is -1.42. The summed E-state index contributed by atoms with van der Waals surface area (Å²) in [6.07, 6.45) is 0.952. The summed E-state index contributed by atoms with van der Waals surface area (Å²) in [6, 6.07) is 5.58. The Morgan fingerprint density at radius 2 is 1.68 bits per heavy atom. The molecule has 0 fully saturated rings. The molecule has 4 heteroatoms. The fourth-order valence-corrected chi connectivity index (χ4v) is 1.52. The fraction of sp³-hybridized carbons (Fsp3) is 0.600. The number of anilines is 1. The summed E-state index contributed by atoms with van der Waals surface area (Å²) in [5.74, 6) is 1.88. The van der Waals surface area contributed by atoms with Crippen LogP contribution < -0.4 is 15.2 Å². The van der Waals surface area contributed by atoms with Gasteiger partial charge >= 0.3 is 0 Å². The Morgan fingerprint density at radius 1 is 1.05 bits per heavy atom.